The third-order valence-corrected chi connectivity index (χ3v) is 4.67. The summed E-state index contributed by atoms with van der Waals surface area (Å²) < 4.78 is 0. The lowest BCUT2D eigenvalue weighted by molar-refractivity contribution is 0.0926. The zero-order chi connectivity index (χ0) is 17.6. The highest BCUT2D eigenvalue weighted by Crippen LogP contribution is 2.24. The topological polar surface area (TPSA) is 71.1 Å². The first-order valence-corrected chi connectivity index (χ1v) is 8.83. The summed E-state index contributed by atoms with van der Waals surface area (Å²) in [6.45, 7) is 0. The molecule has 2 aromatic rings. The van der Waals surface area contributed by atoms with Crippen molar-refractivity contribution in [2.24, 2.45) is 0 Å². The van der Waals surface area contributed by atoms with Crippen molar-refractivity contribution < 1.29 is 9.59 Å². The highest BCUT2D eigenvalue weighted by molar-refractivity contribution is 6.34. The number of halogens is 1. The van der Waals surface area contributed by atoms with Gasteiger partial charge in [0.15, 0.2) is 0 Å². The fraction of sp³-hybridized carbons (Fsp3) is 0.316. The molecule has 1 aromatic carbocycles. The van der Waals surface area contributed by atoms with Crippen LogP contribution in [0.15, 0.2) is 42.7 Å². The summed E-state index contributed by atoms with van der Waals surface area (Å²) in [5, 5.41) is 6.18. The van der Waals surface area contributed by atoms with E-state index in [0.29, 0.717) is 21.8 Å². The average Bonchev–Trinajstić information content (AvgIpc) is 2.65. The summed E-state index contributed by atoms with van der Waals surface area (Å²) in [7, 11) is 0. The van der Waals surface area contributed by atoms with Gasteiger partial charge < -0.3 is 10.6 Å². The maximum absolute atomic E-state index is 12.5. The summed E-state index contributed by atoms with van der Waals surface area (Å²) in [5.41, 5.74) is 1.32. The Morgan fingerprint density at radius 3 is 2.56 bits per heavy atom. The van der Waals surface area contributed by atoms with Gasteiger partial charge >= 0.3 is 0 Å². The summed E-state index contributed by atoms with van der Waals surface area (Å²) in [6, 6.07) is 8.47. The number of amides is 2. The monoisotopic (exact) mass is 357 g/mol. The Labute approximate surface area is 151 Å². The lowest BCUT2D eigenvalue weighted by Gasteiger charge is -2.22. The Balaban J connectivity index is 1.71. The molecule has 3 rings (SSSR count). The van der Waals surface area contributed by atoms with Crippen molar-refractivity contribution in [3.8, 4) is 0 Å². The SMILES string of the molecule is O=C(Nc1cc(C(=O)NC2CCCCC2)ccc1Cl)c1cccnc1. The quantitative estimate of drug-likeness (QED) is 0.867. The third kappa shape index (κ3) is 4.57. The van der Waals surface area contributed by atoms with Crippen molar-refractivity contribution in [3.05, 3.63) is 58.9 Å². The van der Waals surface area contributed by atoms with Gasteiger partial charge in [0.2, 0.25) is 0 Å². The van der Waals surface area contributed by atoms with Crippen LogP contribution in [-0.4, -0.2) is 22.8 Å². The Hall–Kier alpha value is -2.40. The van der Waals surface area contributed by atoms with Crippen LogP contribution in [0.1, 0.15) is 52.8 Å². The van der Waals surface area contributed by atoms with Crippen LogP contribution in [0.2, 0.25) is 5.02 Å². The highest BCUT2D eigenvalue weighted by atomic mass is 35.5. The van der Waals surface area contributed by atoms with Crippen molar-refractivity contribution in [3.63, 3.8) is 0 Å². The number of pyridine rings is 1. The van der Waals surface area contributed by atoms with Gasteiger partial charge in [-0.25, -0.2) is 0 Å². The van der Waals surface area contributed by atoms with Crippen LogP contribution in [0.5, 0.6) is 0 Å². The van der Waals surface area contributed by atoms with Crippen LogP contribution in [-0.2, 0) is 0 Å². The van der Waals surface area contributed by atoms with E-state index in [-0.39, 0.29) is 17.9 Å². The van der Waals surface area contributed by atoms with Crippen LogP contribution >= 0.6 is 11.6 Å². The maximum Gasteiger partial charge on any atom is 0.257 e. The molecule has 25 heavy (non-hydrogen) atoms. The molecule has 1 saturated carbocycles. The summed E-state index contributed by atoms with van der Waals surface area (Å²) in [5.74, 6) is -0.458. The molecule has 6 heteroatoms. The van der Waals surface area contributed by atoms with Crippen LogP contribution in [0.4, 0.5) is 5.69 Å². The van der Waals surface area contributed by atoms with Crippen LogP contribution in [0, 0.1) is 0 Å². The molecule has 2 N–H and O–H groups in total. The van der Waals surface area contributed by atoms with E-state index in [9.17, 15) is 9.59 Å². The second-order valence-electron chi connectivity index (χ2n) is 6.20. The molecule has 0 aliphatic heterocycles. The Morgan fingerprint density at radius 1 is 1.04 bits per heavy atom. The number of carbonyl (C=O) groups excluding carboxylic acids is 2. The minimum Gasteiger partial charge on any atom is -0.349 e. The van der Waals surface area contributed by atoms with E-state index in [4.69, 9.17) is 11.6 Å². The molecule has 0 unspecified atom stereocenters. The fourth-order valence-electron chi connectivity index (χ4n) is 2.97. The van der Waals surface area contributed by atoms with E-state index in [1.165, 1.54) is 12.6 Å². The standard InChI is InChI=1S/C19H20ClN3O2/c20-16-9-8-13(18(24)22-15-6-2-1-3-7-15)11-17(16)23-19(25)14-5-4-10-21-12-14/h4-5,8-12,15H,1-3,6-7H2,(H,22,24)(H,23,25). The normalized spacial score (nSPS) is 14.8. The molecule has 0 saturated heterocycles. The van der Waals surface area contributed by atoms with Gasteiger partial charge in [0.05, 0.1) is 16.3 Å². The molecule has 2 amide bonds. The molecule has 0 atom stereocenters. The van der Waals surface area contributed by atoms with Crippen molar-refractivity contribution in [2.45, 2.75) is 38.1 Å². The van der Waals surface area contributed by atoms with Gasteiger partial charge in [-0.1, -0.05) is 30.9 Å². The van der Waals surface area contributed by atoms with Crippen molar-refractivity contribution in [1.29, 1.82) is 0 Å². The molecule has 130 valence electrons. The molecule has 0 spiro atoms. The van der Waals surface area contributed by atoms with Crippen LogP contribution in [0.3, 0.4) is 0 Å². The highest BCUT2D eigenvalue weighted by Gasteiger charge is 2.18. The van der Waals surface area contributed by atoms with Gasteiger partial charge in [0, 0.05) is 24.0 Å². The second-order valence-corrected chi connectivity index (χ2v) is 6.61. The van der Waals surface area contributed by atoms with E-state index >= 15 is 0 Å². The molecule has 0 bridgehead atoms. The number of rotatable bonds is 4. The predicted octanol–water partition coefficient (Wildman–Crippen LogP) is 4.05. The summed E-state index contributed by atoms with van der Waals surface area (Å²) >= 11 is 6.16. The molecule has 1 fully saturated rings. The molecule has 5 nitrogen and oxygen atoms in total. The first kappa shape index (κ1) is 17.4. The number of nitrogens with one attached hydrogen (secondary N) is 2. The minimum absolute atomic E-state index is 0.138. The fourth-order valence-corrected chi connectivity index (χ4v) is 3.13. The molecule has 1 aliphatic rings. The van der Waals surface area contributed by atoms with E-state index < -0.39 is 0 Å². The van der Waals surface area contributed by atoms with E-state index in [0.717, 1.165) is 25.7 Å². The number of aromatic nitrogens is 1. The number of hydrogen-bond donors (Lipinski definition) is 2. The molecule has 1 aromatic heterocycles. The van der Waals surface area contributed by atoms with Crippen LogP contribution in [0.25, 0.3) is 0 Å². The smallest absolute Gasteiger partial charge is 0.257 e. The Morgan fingerprint density at radius 2 is 1.84 bits per heavy atom. The molecule has 1 heterocycles. The number of carbonyl (C=O) groups is 2. The van der Waals surface area contributed by atoms with Gasteiger partial charge in [0.1, 0.15) is 0 Å². The third-order valence-electron chi connectivity index (χ3n) is 4.34. The molecule has 0 radical (unpaired) electrons. The van der Waals surface area contributed by atoms with Crippen molar-refractivity contribution in [2.75, 3.05) is 5.32 Å². The summed E-state index contributed by atoms with van der Waals surface area (Å²) in [4.78, 5) is 28.6. The lowest BCUT2D eigenvalue weighted by atomic mass is 9.95. The predicted molar refractivity (Wildman–Crippen MR) is 98.0 cm³/mol. The zero-order valence-electron chi connectivity index (χ0n) is 13.8. The van der Waals surface area contributed by atoms with E-state index in [1.807, 2.05) is 0 Å². The lowest BCUT2D eigenvalue weighted by Crippen LogP contribution is -2.36. The number of anilines is 1. The Kier molecular flexibility index (Phi) is 5.66. The summed E-state index contributed by atoms with van der Waals surface area (Å²) in [6.07, 6.45) is 8.64. The van der Waals surface area contributed by atoms with Gasteiger partial charge in [0.25, 0.3) is 11.8 Å². The number of benzene rings is 1. The first-order chi connectivity index (χ1) is 12.1. The average molecular weight is 358 g/mol. The van der Waals surface area contributed by atoms with Gasteiger partial charge in [-0.15, -0.1) is 0 Å². The van der Waals surface area contributed by atoms with Gasteiger partial charge in [-0.2, -0.15) is 0 Å². The van der Waals surface area contributed by atoms with E-state index in [2.05, 4.69) is 15.6 Å². The van der Waals surface area contributed by atoms with Gasteiger partial charge in [-0.3, -0.25) is 14.6 Å². The maximum atomic E-state index is 12.5. The van der Waals surface area contributed by atoms with Crippen LogP contribution < -0.4 is 10.6 Å². The largest absolute Gasteiger partial charge is 0.349 e. The molecular formula is C19H20ClN3O2. The molecular weight excluding hydrogens is 338 g/mol. The first-order valence-electron chi connectivity index (χ1n) is 8.45. The minimum atomic E-state index is -0.320. The van der Waals surface area contributed by atoms with Crippen molar-refractivity contribution in [1.82, 2.24) is 10.3 Å². The second kappa shape index (κ2) is 8.12. The Bertz CT molecular complexity index is 759. The zero-order valence-corrected chi connectivity index (χ0v) is 14.6. The number of nitrogens with zero attached hydrogens (tertiary/aromatic N) is 1. The van der Waals surface area contributed by atoms with Crippen molar-refractivity contribution >= 4 is 29.1 Å². The van der Waals surface area contributed by atoms with Gasteiger partial charge in [-0.05, 0) is 43.2 Å². The van der Waals surface area contributed by atoms with E-state index in [1.54, 1.807) is 36.5 Å². The number of hydrogen-bond acceptors (Lipinski definition) is 3. The molecule has 1 aliphatic carbocycles.